The van der Waals surface area contributed by atoms with E-state index in [1.807, 2.05) is 43.6 Å². The van der Waals surface area contributed by atoms with Gasteiger partial charge in [-0.3, -0.25) is 9.67 Å². The van der Waals surface area contributed by atoms with Crippen LogP contribution in [0.2, 0.25) is 0 Å². The average Bonchev–Trinajstić information content (AvgIpc) is 3.31. The topological polar surface area (TPSA) is 99.2 Å². The number of benzene rings is 1. The van der Waals surface area contributed by atoms with E-state index >= 15 is 0 Å². The van der Waals surface area contributed by atoms with Gasteiger partial charge in [0.25, 0.3) is 0 Å². The second kappa shape index (κ2) is 7.64. The highest BCUT2D eigenvalue weighted by Crippen LogP contribution is 2.34. The molecule has 150 valence electrons. The Labute approximate surface area is 171 Å². The molecule has 0 saturated heterocycles. The number of pyridine rings is 1. The average molecular weight is 410 g/mol. The van der Waals surface area contributed by atoms with Crippen LogP contribution in [0.25, 0.3) is 33.6 Å². The van der Waals surface area contributed by atoms with E-state index in [2.05, 4.69) is 14.8 Å². The zero-order valence-electron chi connectivity index (χ0n) is 16.4. The smallest absolute Gasteiger partial charge is 0.174 e. The number of hydrogen-bond acceptors (Lipinski definition) is 6. The van der Waals surface area contributed by atoms with Gasteiger partial charge in [0.1, 0.15) is 11.3 Å². The van der Waals surface area contributed by atoms with Crippen molar-refractivity contribution in [1.29, 1.82) is 0 Å². The zero-order valence-corrected chi connectivity index (χ0v) is 17.2. The Bertz CT molecular complexity index is 1150. The molecule has 8 heteroatoms. The Balaban J connectivity index is 1.69. The summed E-state index contributed by atoms with van der Waals surface area (Å²) in [5, 5.41) is 14.0. The lowest BCUT2D eigenvalue weighted by Gasteiger charge is -2.19. The molecule has 0 aliphatic rings. The maximum absolute atomic E-state index is 12.6. The van der Waals surface area contributed by atoms with E-state index in [4.69, 9.17) is 4.42 Å². The minimum Gasteiger partial charge on any atom is -0.593 e. The molecule has 0 spiro atoms. The number of aromatic nitrogens is 3. The van der Waals surface area contributed by atoms with E-state index in [1.54, 1.807) is 37.0 Å². The van der Waals surface area contributed by atoms with Crippen molar-refractivity contribution in [3.8, 4) is 22.5 Å². The van der Waals surface area contributed by atoms with Crippen molar-refractivity contribution in [3.05, 3.63) is 55.0 Å². The van der Waals surface area contributed by atoms with E-state index in [-0.39, 0.29) is 6.54 Å². The van der Waals surface area contributed by atoms with Crippen LogP contribution in [0, 0.1) is 0 Å². The minimum absolute atomic E-state index is 0.218. The van der Waals surface area contributed by atoms with Crippen LogP contribution < -0.4 is 4.72 Å². The van der Waals surface area contributed by atoms with Crippen molar-refractivity contribution in [3.63, 3.8) is 0 Å². The van der Waals surface area contributed by atoms with Crippen LogP contribution in [0.1, 0.15) is 13.8 Å². The van der Waals surface area contributed by atoms with Crippen molar-refractivity contribution < 1.29 is 14.1 Å². The van der Waals surface area contributed by atoms with Crippen LogP contribution >= 0.6 is 0 Å². The van der Waals surface area contributed by atoms with Gasteiger partial charge in [0.15, 0.2) is 10.5 Å². The maximum Gasteiger partial charge on any atom is 0.174 e. The summed E-state index contributed by atoms with van der Waals surface area (Å²) in [5.74, 6) is 0.694. The molecule has 0 amide bonds. The first kappa shape index (κ1) is 19.7. The van der Waals surface area contributed by atoms with Crippen molar-refractivity contribution in [1.82, 2.24) is 19.5 Å². The van der Waals surface area contributed by atoms with Gasteiger partial charge in [0, 0.05) is 37.1 Å². The zero-order chi connectivity index (χ0) is 20.6. The van der Waals surface area contributed by atoms with Crippen LogP contribution in [-0.4, -0.2) is 36.6 Å². The summed E-state index contributed by atoms with van der Waals surface area (Å²) in [6, 6.07) is 11.2. The molecule has 0 saturated carbocycles. The van der Waals surface area contributed by atoms with Crippen molar-refractivity contribution in [2.45, 2.75) is 24.3 Å². The third-order valence-corrected chi connectivity index (χ3v) is 5.48. The number of aryl methyl sites for hydroxylation is 1. The molecule has 0 aliphatic carbocycles. The number of nitrogens with one attached hydrogen (secondary N) is 1. The number of aliphatic hydroxyl groups is 1. The molecule has 4 rings (SSSR count). The third kappa shape index (κ3) is 4.35. The second-order valence-corrected chi connectivity index (χ2v) is 8.81. The molecular formula is C21H22N4O3S. The highest BCUT2D eigenvalue weighted by atomic mass is 32.2. The summed E-state index contributed by atoms with van der Waals surface area (Å²) < 4.78 is 23.3. The summed E-state index contributed by atoms with van der Waals surface area (Å²) in [5.41, 5.74) is 3.09. The quantitative estimate of drug-likeness (QED) is 0.473. The van der Waals surface area contributed by atoms with Gasteiger partial charge in [-0.25, -0.2) is 0 Å². The number of rotatable bonds is 6. The highest BCUT2D eigenvalue weighted by Gasteiger charge is 2.20. The molecule has 3 heterocycles. The molecule has 7 nitrogen and oxygen atoms in total. The molecule has 1 aromatic carbocycles. The van der Waals surface area contributed by atoms with E-state index in [0.717, 1.165) is 22.2 Å². The SMILES string of the molecule is Cn1cc(-c2cc3nccc(-c4cccc([S+]([O-])NCC(C)(C)O)c4)c3o2)cn1. The van der Waals surface area contributed by atoms with E-state index in [9.17, 15) is 9.66 Å². The first-order valence-electron chi connectivity index (χ1n) is 9.16. The van der Waals surface area contributed by atoms with E-state index < -0.39 is 17.0 Å². The van der Waals surface area contributed by atoms with Crippen LogP contribution in [0.3, 0.4) is 0 Å². The third-order valence-electron chi connectivity index (χ3n) is 4.40. The Morgan fingerprint density at radius 1 is 1.24 bits per heavy atom. The molecule has 0 aliphatic heterocycles. The van der Waals surface area contributed by atoms with Gasteiger partial charge in [0.2, 0.25) is 0 Å². The monoisotopic (exact) mass is 410 g/mol. The minimum atomic E-state index is -1.44. The molecule has 0 radical (unpaired) electrons. The summed E-state index contributed by atoms with van der Waals surface area (Å²) in [4.78, 5) is 5.03. The lowest BCUT2D eigenvalue weighted by atomic mass is 10.1. The second-order valence-electron chi connectivity index (χ2n) is 7.52. The molecule has 29 heavy (non-hydrogen) atoms. The van der Waals surface area contributed by atoms with Crippen molar-refractivity contribution >= 4 is 22.5 Å². The lowest BCUT2D eigenvalue weighted by molar-refractivity contribution is 0.0857. The Morgan fingerprint density at radius 2 is 2.07 bits per heavy atom. The largest absolute Gasteiger partial charge is 0.593 e. The normalized spacial score (nSPS) is 13.1. The van der Waals surface area contributed by atoms with Gasteiger partial charge in [-0.15, -0.1) is 4.72 Å². The lowest BCUT2D eigenvalue weighted by Crippen LogP contribution is -2.38. The van der Waals surface area contributed by atoms with Crippen LogP contribution in [0.5, 0.6) is 0 Å². The van der Waals surface area contributed by atoms with Crippen molar-refractivity contribution in [2.75, 3.05) is 6.54 Å². The highest BCUT2D eigenvalue weighted by molar-refractivity contribution is 7.89. The molecular weight excluding hydrogens is 388 g/mol. The number of hydrogen-bond donors (Lipinski definition) is 2. The van der Waals surface area contributed by atoms with Gasteiger partial charge in [-0.05, 0) is 31.5 Å². The summed E-state index contributed by atoms with van der Waals surface area (Å²) in [6.45, 7) is 3.55. The standard InChI is InChI=1S/C21H22N4O3S/c1-21(2,26)13-24-29(27)16-6-4-5-14(9-16)17-7-8-22-18-10-19(28-20(17)18)15-11-23-25(3)12-15/h4-12,24,26H,13H2,1-3H3. The number of furan rings is 1. The van der Waals surface area contributed by atoms with Gasteiger partial charge >= 0.3 is 0 Å². The summed E-state index contributed by atoms with van der Waals surface area (Å²) >= 11 is -1.44. The Hall–Kier alpha value is -2.65. The number of nitrogens with zero attached hydrogens (tertiary/aromatic N) is 3. The molecule has 2 N–H and O–H groups in total. The Morgan fingerprint density at radius 3 is 2.79 bits per heavy atom. The Kier molecular flexibility index (Phi) is 5.18. The predicted octanol–water partition coefficient (Wildman–Crippen LogP) is 3.28. The van der Waals surface area contributed by atoms with E-state index in [0.29, 0.717) is 16.2 Å². The fourth-order valence-electron chi connectivity index (χ4n) is 2.96. The molecule has 0 bridgehead atoms. The summed E-state index contributed by atoms with van der Waals surface area (Å²) in [6.07, 6.45) is 5.36. The molecule has 3 aromatic heterocycles. The fraction of sp³-hybridized carbons (Fsp3) is 0.238. The molecule has 1 atom stereocenters. The summed E-state index contributed by atoms with van der Waals surface area (Å²) in [7, 11) is 1.85. The van der Waals surface area contributed by atoms with Gasteiger partial charge in [0.05, 0.1) is 35.3 Å². The van der Waals surface area contributed by atoms with Crippen LogP contribution in [-0.2, 0) is 18.4 Å². The first-order valence-corrected chi connectivity index (χ1v) is 10.3. The van der Waals surface area contributed by atoms with Crippen molar-refractivity contribution in [2.24, 2.45) is 7.05 Å². The molecule has 4 aromatic rings. The maximum atomic E-state index is 12.6. The number of fused-ring (bicyclic) bond motifs is 1. The van der Waals surface area contributed by atoms with Gasteiger partial charge < -0.3 is 14.1 Å². The van der Waals surface area contributed by atoms with Crippen LogP contribution in [0.15, 0.2) is 64.3 Å². The predicted molar refractivity (Wildman–Crippen MR) is 112 cm³/mol. The fourth-order valence-corrected chi connectivity index (χ4v) is 4.05. The van der Waals surface area contributed by atoms with Gasteiger partial charge in [-0.1, -0.05) is 12.1 Å². The van der Waals surface area contributed by atoms with E-state index in [1.165, 1.54) is 0 Å². The van der Waals surface area contributed by atoms with Gasteiger partial charge in [-0.2, -0.15) is 5.10 Å². The molecule has 0 fully saturated rings. The van der Waals surface area contributed by atoms with Crippen LogP contribution in [0.4, 0.5) is 0 Å². The first-order chi connectivity index (χ1) is 13.8. The molecule has 1 unspecified atom stereocenters.